The first-order valence-electron chi connectivity index (χ1n) is 4.87. The van der Waals surface area contributed by atoms with Crippen molar-refractivity contribution >= 4 is 11.9 Å². The van der Waals surface area contributed by atoms with E-state index in [1.54, 1.807) is 0 Å². The molecule has 0 radical (unpaired) electrons. The number of amides is 1. The molecule has 1 aliphatic rings. The normalized spacial score (nSPS) is 32.3. The minimum atomic E-state index is -0.416. The summed E-state index contributed by atoms with van der Waals surface area (Å²) in [5.74, 6) is -0.495. The van der Waals surface area contributed by atoms with E-state index in [2.05, 4.69) is 0 Å². The lowest BCUT2D eigenvalue weighted by Gasteiger charge is -2.33. The first-order chi connectivity index (χ1) is 6.49. The van der Waals surface area contributed by atoms with Gasteiger partial charge in [-0.05, 0) is 32.6 Å². The predicted octanol–water partition coefficient (Wildman–Crippen LogP) is 0.841. The fourth-order valence-electron chi connectivity index (χ4n) is 1.99. The van der Waals surface area contributed by atoms with Gasteiger partial charge < -0.3 is 10.5 Å². The number of ether oxygens (including phenoxy) is 1. The van der Waals surface area contributed by atoms with Crippen molar-refractivity contribution in [2.75, 3.05) is 7.11 Å². The molecule has 0 atom stereocenters. The smallest absolute Gasteiger partial charge is 0.311 e. The summed E-state index contributed by atoms with van der Waals surface area (Å²) >= 11 is 0. The van der Waals surface area contributed by atoms with E-state index in [1.807, 2.05) is 6.92 Å². The fraction of sp³-hybridized carbons (Fsp3) is 0.800. The third-order valence-electron chi connectivity index (χ3n) is 3.17. The monoisotopic (exact) mass is 199 g/mol. The summed E-state index contributed by atoms with van der Waals surface area (Å²) in [6.45, 7) is 1.88. The molecule has 1 saturated carbocycles. The maximum absolute atomic E-state index is 11.4. The van der Waals surface area contributed by atoms with Crippen LogP contribution >= 0.6 is 0 Å². The van der Waals surface area contributed by atoms with E-state index in [-0.39, 0.29) is 17.8 Å². The van der Waals surface area contributed by atoms with Crippen LogP contribution in [0.15, 0.2) is 0 Å². The van der Waals surface area contributed by atoms with Gasteiger partial charge in [0.2, 0.25) is 5.91 Å². The molecule has 1 rings (SSSR count). The van der Waals surface area contributed by atoms with Crippen molar-refractivity contribution in [3.05, 3.63) is 0 Å². The van der Waals surface area contributed by atoms with Gasteiger partial charge in [-0.2, -0.15) is 0 Å². The molecule has 2 N–H and O–H groups in total. The van der Waals surface area contributed by atoms with Gasteiger partial charge in [0.1, 0.15) is 0 Å². The largest absolute Gasteiger partial charge is 0.469 e. The molecule has 4 nitrogen and oxygen atoms in total. The van der Waals surface area contributed by atoms with Crippen molar-refractivity contribution in [1.82, 2.24) is 0 Å². The van der Waals surface area contributed by atoms with E-state index < -0.39 is 5.41 Å². The Balaban J connectivity index is 2.57. The Morgan fingerprint density at radius 2 is 1.86 bits per heavy atom. The molecule has 0 aromatic heterocycles. The van der Waals surface area contributed by atoms with Gasteiger partial charge in [-0.15, -0.1) is 0 Å². The van der Waals surface area contributed by atoms with Crippen molar-refractivity contribution in [3.63, 3.8) is 0 Å². The molecule has 0 spiro atoms. The van der Waals surface area contributed by atoms with Crippen molar-refractivity contribution in [2.24, 2.45) is 17.1 Å². The molecular weight excluding hydrogens is 182 g/mol. The van der Waals surface area contributed by atoms with E-state index in [0.29, 0.717) is 25.7 Å². The average molecular weight is 199 g/mol. The molecule has 0 heterocycles. The third kappa shape index (κ3) is 2.05. The predicted molar refractivity (Wildman–Crippen MR) is 51.3 cm³/mol. The van der Waals surface area contributed by atoms with E-state index in [0.717, 1.165) is 0 Å². The van der Waals surface area contributed by atoms with Gasteiger partial charge in [-0.25, -0.2) is 0 Å². The lowest BCUT2D eigenvalue weighted by molar-refractivity contribution is -0.155. The lowest BCUT2D eigenvalue weighted by atomic mass is 9.71. The van der Waals surface area contributed by atoms with Gasteiger partial charge in [-0.3, -0.25) is 9.59 Å². The zero-order valence-electron chi connectivity index (χ0n) is 8.71. The Bertz CT molecular complexity index is 242. The van der Waals surface area contributed by atoms with Gasteiger partial charge >= 0.3 is 5.97 Å². The zero-order chi connectivity index (χ0) is 10.8. The second-order valence-electron chi connectivity index (χ2n) is 4.23. The molecule has 0 unspecified atom stereocenters. The van der Waals surface area contributed by atoms with Gasteiger partial charge in [0, 0.05) is 5.92 Å². The van der Waals surface area contributed by atoms with Crippen molar-refractivity contribution < 1.29 is 14.3 Å². The van der Waals surface area contributed by atoms with Crippen molar-refractivity contribution in [2.45, 2.75) is 32.6 Å². The molecule has 0 aromatic rings. The van der Waals surface area contributed by atoms with Crippen LogP contribution in [0.5, 0.6) is 0 Å². The number of carbonyl (C=O) groups excluding carboxylic acids is 2. The molecular formula is C10H17NO3. The lowest BCUT2D eigenvalue weighted by Crippen LogP contribution is -2.37. The second kappa shape index (κ2) is 3.98. The molecule has 1 fully saturated rings. The number of hydrogen-bond donors (Lipinski definition) is 1. The van der Waals surface area contributed by atoms with E-state index in [9.17, 15) is 9.59 Å². The maximum Gasteiger partial charge on any atom is 0.311 e. The van der Waals surface area contributed by atoms with Gasteiger partial charge in [0.25, 0.3) is 0 Å². The Labute approximate surface area is 83.8 Å². The summed E-state index contributed by atoms with van der Waals surface area (Å²) in [6.07, 6.45) is 2.77. The summed E-state index contributed by atoms with van der Waals surface area (Å²) in [5.41, 5.74) is 4.79. The summed E-state index contributed by atoms with van der Waals surface area (Å²) in [6, 6.07) is 0. The van der Waals surface area contributed by atoms with E-state index >= 15 is 0 Å². The summed E-state index contributed by atoms with van der Waals surface area (Å²) in [4.78, 5) is 22.3. The highest BCUT2D eigenvalue weighted by molar-refractivity contribution is 5.79. The van der Waals surface area contributed by atoms with Crippen LogP contribution in [0.25, 0.3) is 0 Å². The topological polar surface area (TPSA) is 69.4 Å². The minimum absolute atomic E-state index is 0.0623. The second-order valence-corrected chi connectivity index (χ2v) is 4.23. The molecule has 14 heavy (non-hydrogen) atoms. The minimum Gasteiger partial charge on any atom is -0.469 e. The Morgan fingerprint density at radius 3 is 2.21 bits per heavy atom. The average Bonchev–Trinajstić information content (AvgIpc) is 2.17. The summed E-state index contributed by atoms with van der Waals surface area (Å²) in [7, 11) is 1.40. The molecule has 80 valence electrons. The molecule has 0 saturated heterocycles. The van der Waals surface area contributed by atoms with Crippen LogP contribution in [-0.4, -0.2) is 19.0 Å². The van der Waals surface area contributed by atoms with Gasteiger partial charge in [0.15, 0.2) is 0 Å². The molecule has 0 bridgehead atoms. The van der Waals surface area contributed by atoms with E-state index in [4.69, 9.17) is 10.5 Å². The number of esters is 1. The highest BCUT2D eigenvalue weighted by atomic mass is 16.5. The maximum atomic E-state index is 11.4. The first-order valence-corrected chi connectivity index (χ1v) is 4.87. The highest BCUT2D eigenvalue weighted by Crippen LogP contribution is 2.39. The standard InChI is InChI=1S/C10H17NO3/c1-10(9(13)14-2)5-3-7(4-6-10)8(11)12/h7H,3-6H2,1-2H3,(H2,11,12). The Morgan fingerprint density at radius 1 is 1.36 bits per heavy atom. The van der Waals surface area contributed by atoms with Crippen LogP contribution in [0.1, 0.15) is 32.6 Å². The number of methoxy groups -OCH3 is 1. The van der Waals surface area contributed by atoms with Gasteiger partial charge in [-0.1, -0.05) is 0 Å². The van der Waals surface area contributed by atoms with Crippen LogP contribution in [0.3, 0.4) is 0 Å². The van der Waals surface area contributed by atoms with Crippen LogP contribution in [0.4, 0.5) is 0 Å². The van der Waals surface area contributed by atoms with Crippen LogP contribution in [-0.2, 0) is 14.3 Å². The highest BCUT2D eigenvalue weighted by Gasteiger charge is 2.39. The molecule has 0 aliphatic heterocycles. The number of primary amides is 1. The zero-order valence-corrected chi connectivity index (χ0v) is 8.71. The SMILES string of the molecule is COC(=O)C1(C)CCC(C(N)=O)CC1. The number of rotatable bonds is 2. The van der Waals surface area contributed by atoms with Crippen LogP contribution < -0.4 is 5.73 Å². The van der Waals surface area contributed by atoms with Gasteiger partial charge in [0.05, 0.1) is 12.5 Å². The number of carbonyl (C=O) groups is 2. The quantitative estimate of drug-likeness (QED) is 0.670. The summed E-state index contributed by atoms with van der Waals surface area (Å²) in [5, 5.41) is 0. The van der Waals surface area contributed by atoms with Crippen LogP contribution in [0, 0.1) is 11.3 Å². The van der Waals surface area contributed by atoms with Crippen molar-refractivity contribution in [3.8, 4) is 0 Å². The van der Waals surface area contributed by atoms with Crippen LogP contribution in [0.2, 0.25) is 0 Å². The Hall–Kier alpha value is -1.06. The Kier molecular flexibility index (Phi) is 3.13. The van der Waals surface area contributed by atoms with E-state index in [1.165, 1.54) is 7.11 Å². The molecule has 0 aromatic carbocycles. The fourth-order valence-corrected chi connectivity index (χ4v) is 1.99. The number of hydrogen-bond acceptors (Lipinski definition) is 3. The van der Waals surface area contributed by atoms with Crippen molar-refractivity contribution in [1.29, 1.82) is 0 Å². The number of nitrogens with two attached hydrogens (primary N) is 1. The third-order valence-corrected chi connectivity index (χ3v) is 3.17. The molecule has 1 aliphatic carbocycles. The molecule has 1 amide bonds. The first kappa shape index (κ1) is 11.0. The molecule has 4 heteroatoms. The summed E-state index contributed by atoms with van der Waals surface area (Å²) < 4.78 is 4.73.